The molecule has 3 heterocycles. The van der Waals surface area contributed by atoms with E-state index in [0.29, 0.717) is 6.04 Å². The normalized spacial score (nSPS) is 23.2. The number of benzene rings is 1. The molecule has 5 nitrogen and oxygen atoms in total. The van der Waals surface area contributed by atoms with Crippen LogP contribution in [0.5, 0.6) is 0 Å². The van der Waals surface area contributed by atoms with Crippen molar-refractivity contribution in [1.82, 2.24) is 14.5 Å². The minimum Gasteiger partial charge on any atom is -0.379 e. The van der Waals surface area contributed by atoms with Crippen LogP contribution in [0.15, 0.2) is 29.1 Å². The largest absolute Gasteiger partial charge is 0.379 e. The Morgan fingerprint density at radius 3 is 2.77 bits per heavy atom. The third kappa shape index (κ3) is 2.44. The quantitative estimate of drug-likeness (QED) is 0.799. The van der Waals surface area contributed by atoms with Crippen LogP contribution in [0.2, 0.25) is 0 Å². The van der Waals surface area contributed by atoms with Crippen molar-refractivity contribution in [2.24, 2.45) is 0 Å². The van der Waals surface area contributed by atoms with Crippen molar-refractivity contribution in [2.45, 2.75) is 31.8 Å². The fraction of sp³-hybridized carbons (Fsp3) is 0.529. The number of rotatable bonds is 1. The van der Waals surface area contributed by atoms with E-state index in [1.807, 2.05) is 28.8 Å². The highest BCUT2D eigenvalue weighted by Crippen LogP contribution is 2.20. The Labute approximate surface area is 129 Å². The van der Waals surface area contributed by atoms with Crippen LogP contribution in [-0.4, -0.2) is 46.8 Å². The Hall–Kier alpha value is -1.72. The molecule has 0 aliphatic carbocycles. The molecule has 0 radical (unpaired) electrons. The molecular formula is C17H21N3O2. The van der Waals surface area contributed by atoms with E-state index in [-0.39, 0.29) is 5.56 Å². The first-order valence-corrected chi connectivity index (χ1v) is 8.13. The third-order valence-electron chi connectivity index (χ3n) is 4.89. The number of aryl methyl sites for hydroxylation is 1. The first-order chi connectivity index (χ1) is 10.8. The van der Waals surface area contributed by atoms with Crippen molar-refractivity contribution in [2.75, 3.05) is 26.3 Å². The maximum absolute atomic E-state index is 12.7. The lowest BCUT2D eigenvalue weighted by Gasteiger charge is -2.33. The third-order valence-corrected chi connectivity index (χ3v) is 4.89. The van der Waals surface area contributed by atoms with Crippen molar-refractivity contribution in [3.05, 3.63) is 40.4 Å². The fourth-order valence-corrected chi connectivity index (χ4v) is 3.66. The van der Waals surface area contributed by atoms with Gasteiger partial charge in [0.2, 0.25) is 0 Å². The summed E-state index contributed by atoms with van der Waals surface area (Å²) in [6, 6.07) is 8.20. The van der Waals surface area contributed by atoms with Crippen LogP contribution in [0.1, 0.15) is 18.7 Å². The summed E-state index contributed by atoms with van der Waals surface area (Å²) in [7, 11) is 0. The van der Waals surface area contributed by atoms with Gasteiger partial charge in [0.15, 0.2) is 0 Å². The molecule has 1 fully saturated rings. The molecule has 0 N–H and O–H groups in total. The van der Waals surface area contributed by atoms with Crippen LogP contribution < -0.4 is 5.56 Å². The monoisotopic (exact) mass is 299 g/mol. The molecule has 1 aromatic carbocycles. The Morgan fingerprint density at radius 1 is 1.09 bits per heavy atom. The van der Waals surface area contributed by atoms with Gasteiger partial charge in [-0.1, -0.05) is 12.1 Å². The summed E-state index contributed by atoms with van der Waals surface area (Å²) in [5.74, 6) is 0.944. The van der Waals surface area contributed by atoms with E-state index < -0.39 is 0 Å². The molecule has 0 saturated carbocycles. The number of para-hydroxylation sites is 1. The topological polar surface area (TPSA) is 47.4 Å². The molecule has 1 atom stereocenters. The van der Waals surface area contributed by atoms with Gasteiger partial charge in [-0.2, -0.15) is 0 Å². The second-order valence-electron chi connectivity index (χ2n) is 6.13. The molecule has 2 aliphatic heterocycles. The number of hydrogen-bond donors (Lipinski definition) is 0. The van der Waals surface area contributed by atoms with Crippen molar-refractivity contribution in [3.8, 4) is 0 Å². The predicted octanol–water partition coefficient (Wildman–Crippen LogP) is 1.43. The lowest BCUT2D eigenvalue weighted by atomic mass is 10.1. The molecule has 1 unspecified atom stereocenters. The van der Waals surface area contributed by atoms with E-state index in [1.54, 1.807) is 0 Å². The van der Waals surface area contributed by atoms with E-state index >= 15 is 0 Å². The molecule has 22 heavy (non-hydrogen) atoms. The maximum Gasteiger partial charge on any atom is 0.261 e. The van der Waals surface area contributed by atoms with Crippen LogP contribution in [0.3, 0.4) is 0 Å². The Balaban J connectivity index is 1.65. The minimum absolute atomic E-state index is 0.114. The van der Waals surface area contributed by atoms with Gasteiger partial charge < -0.3 is 4.74 Å². The summed E-state index contributed by atoms with van der Waals surface area (Å²) < 4.78 is 7.34. The molecule has 1 saturated heterocycles. The standard InChI is InChI=1S/C17H21N3O2/c21-17-14-3-1-2-4-15(14)18-16-6-5-13(7-8-20(16)17)19-9-11-22-12-10-19/h1-4,13H,5-12H2. The van der Waals surface area contributed by atoms with Gasteiger partial charge in [-0.25, -0.2) is 4.98 Å². The SMILES string of the molecule is O=c1c2ccccc2nc2n1CCC(N1CCOCC1)CC2. The van der Waals surface area contributed by atoms with Gasteiger partial charge in [0, 0.05) is 32.1 Å². The van der Waals surface area contributed by atoms with Crippen LogP contribution in [0.25, 0.3) is 10.9 Å². The Bertz CT molecular complexity index is 734. The summed E-state index contributed by atoms with van der Waals surface area (Å²) in [5.41, 5.74) is 0.937. The highest BCUT2D eigenvalue weighted by atomic mass is 16.5. The van der Waals surface area contributed by atoms with Crippen LogP contribution in [0.4, 0.5) is 0 Å². The molecule has 5 heteroatoms. The lowest BCUT2D eigenvalue weighted by molar-refractivity contribution is 0.0131. The van der Waals surface area contributed by atoms with E-state index in [0.717, 1.165) is 68.8 Å². The predicted molar refractivity (Wildman–Crippen MR) is 85.1 cm³/mol. The molecule has 0 bridgehead atoms. The average molecular weight is 299 g/mol. The second-order valence-corrected chi connectivity index (χ2v) is 6.13. The maximum atomic E-state index is 12.7. The zero-order valence-corrected chi connectivity index (χ0v) is 12.7. The first kappa shape index (κ1) is 13.9. The summed E-state index contributed by atoms with van der Waals surface area (Å²) in [4.78, 5) is 19.9. The zero-order chi connectivity index (χ0) is 14.9. The zero-order valence-electron chi connectivity index (χ0n) is 12.7. The summed E-state index contributed by atoms with van der Waals surface area (Å²) in [5, 5.41) is 0.732. The lowest BCUT2D eigenvalue weighted by Crippen LogP contribution is -2.43. The van der Waals surface area contributed by atoms with Gasteiger partial charge in [-0.3, -0.25) is 14.3 Å². The van der Waals surface area contributed by atoms with Gasteiger partial charge in [0.05, 0.1) is 24.1 Å². The number of fused-ring (bicyclic) bond motifs is 2. The number of hydrogen-bond acceptors (Lipinski definition) is 4. The minimum atomic E-state index is 0.114. The van der Waals surface area contributed by atoms with Gasteiger partial charge >= 0.3 is 0 Å². The number of aromatic nitrogens is 2. The average Bonchev–Trinajstić information content (AvgIpc) is 2.79. The molecule has 2 aliphatic rings. The highest BCUT2D eigenvalue weighted by molar-refractivity contribution is 5.77. The van der Waals surface area contributed by atoms with E-state index in [1.165, 1.54) is 0 Å². The van der Waals surface area contributed by atoms with Crippen molar-refractivity contribution < 1.29 is 4.74 Å². The number of morpholine rings is 1. The van der Waals surface area contributed by atoms with Crippen molar-refractivity contribution in [1.29, 1.82) is 0 Å². The summed E-state index contributed by atoms with van der Waals surface area (Å²) in [6.07, 6.45) is 2.97. The van der Waals surface area contributed by atoms with E-state index in [2.05, 4.69) is 4.90 Å². The molecule has 0 spiro atoms. The molecule has 0 amide bonds. The molecule has 2 aromatic rings. The van der Waals surface area contributed by atoms with Gasteiger partial charge in [-0.15, -0.1) is 0 Å². The fourth-order valence-electron chi connectivity index (χ4n) is 3.66. The van der Waals surface area contributed by atoms with Crippen molar-refractivity contribution in [3.63, 3.8) is 0 Å². The molecule has 1 aromatic heterocycles. The van der Waals surface area contributed by atoms with Crippen LogP contribution >= 0.6 is 0 Å². The number of nitrogens with zero attached hydrogens (tertiary/aromatic N) is 3. The Kier molecular flexibility index (Phi) is 3.68. The molecular weight excluding hydrogens is 278 g/mol. The van der Waals surface area contributed by atoms with Gasteiger partial charge in [0.1, 0.15) is 5.82 Å². The summed E-state index contributed by atoms with van der Waals surface area (Å²) >= 11 is 0. The Morgan fingerprint density at radius 2 is 1.91 bits per heavy atom. The first-order valence-electron chi connectivity index (χ1n) is 8.13. The van der Waals surface area contributed by atoms with Crippen LogP contribution in [-0.2, 0) is 17.7 Å². The van der Waals surface area contributed by atoms with E-state index in [4.69, 9.17) is 9.72 Å². The van der Waals surface area contributed by atoms with Crippen molar-refractivity contribution >= 4 is 10.9 Å². The highest BCUT2D eigenvalue weighted by Gasteiger charge is 2.25. The second kappa shape index (κ2) is 5.82. The van der Waals surface area contributed by atoms with E-state index in [9.17, 15) is 4.79 Å². The molecule has 4 rings (SSSR count). The number of ether oxygens (including phenoxy) is 1. The van der Waals surface area contributed by atoms with Gasteiger partial charge in [0.25, 0.3) is 5.56 Å². The smallest absolute Gasteiger partial charge is 0.261 e. The summed E-state index contributed by atoms with van der Waals surface area (Å²) in [6.45, 7) is 4.43. The van der Waals surface area contributed by atoms with Gasteiger partial charge in [-0.05, 0) is 25.0 Å². The van der Waals surface area contributed by atoms with Crippen LogP contribution in [0, 0.1) is 0 Å². The molecule has 116 valence electrons.